The fraction of sp³-hybridized carbons (Fsp3) is 0. The molecule has 0 aliphatic rings. The summed E-state index contributed by atoms with van der Waals surface area (Å²) in [7, 11) is 0. The van der Waals surface area contributed by atoms with Crippen molar-refractivity contribution in [2.24, 2.45) is 0 Å². The highest BCUT2D eigenvalue weighted by molar-refractivity contribution is 6.04. The molecule has 1 aromatic heterocycles. The van der Waals surface area contributed by atoms with Gasteiger partial charge in [0, 0.05) is 39.2 Å². The van der Waals surface area contributed by atoms with Gasteiger partial charge in [-0.1, -0.05) is 24.8 Å². The van der Waals surface area contributed by atoms with Crippen molar-refractivity contribution < 1.29 is 19.4 Å². The molecule has 0 aliphatic carbocycles. The molecule has 0 saturated heterocycles. The van der Waals surface area contributed by atoms with Crippen LogP contribution in [0.4, 0.5) is 15.8 Å². The smallest absolute Gasteiger partial charge is 0.255 e. The van der Waals surface area contributed by atoms with E-state index in [-0.39, 0.29) is 22.9 Å². The van der Waals surface area contributed by atoms with Crippen LogP contribution in [0.15, 0.2) is 97.6 Å². The lowest BCUT2D eigenvalue weighted by Gasteiger charge is -2.10. The van der Waals surface area contributed by atoms with Crippen LogP contribution in [-0.2, 0) is 0 Å². The Kier molecular flexibility index (Phi) is 5.88. The second kappa shape index (κ2) is 9.31. The summed E-state index contributed by atoms with van der Waals surface area (Å²) >= 11 is 0. The number of aromatic amines is 1. The number of fused-ring (bicyclic) bond motifs is 1. The van der Waals surface area contributed by atoms with Crippen molar-refractivity contribution in [2.75, 3.05) is 10.6 Å². The molecule has 0 bridgehead atoms. The fourth-order valence-corrected chi connectivity index (χ4v) is 3.86. The molecule has 0 saturated carbocycles. The minimum absolute atomic E-state index is 0.233. The van der Waals surface area contributed by atoms with Crippen LogP contribution in [0.25, 0.3) is 27.9 Å². The van der Waals surface area contributed by atoms with E-state index < -0.39 is 5.91 Å². The molecule has 1 amide bonds. The van der Waals surface area contributed by atoms with Crippen molar-refractivity contribution >= 4 is 33.9 Å². The predicted octanol–water partition coefficient (Wildman–Crippen LogP) is 6.72. The molecule has 5 rings (SSSR count). The van der Waals surface area contributed by atoms with Gasteiger partial charge in [0.1, 0.15) is 5.82 Å². The van der Waals surface area contributed by atoms with Gasteiger partial charge in [0.25, 0.3) is 5.91 Å². The van der Waals surface area contributed by atoms with E-state index in [0.717, 1.165) is 33.4 Å². The van der Waals surface area contributed by atoms with Gasteiger partial charge in [0.15, 0.2) is 11.5 Å². The number of amides is 1. The SMILES string of the molecule is C=C(Nc1ccc(F)cc1)c1ccc2[nH]c(-c3ccc(NC(=O)c4ccc(O)c(O)c4)cc3)cc2c1. The zero-order valence-corrected chi connectivity index (χ0v) is 19.0. The summed E-state index contributed by atoms with van der Waals surface area (Å²) in [5.74, 6) is -1.32. The Bertz CT molecular complexity index is 1590. The number of anilines is 2. The summed E-state index contributed by atoms with van der Waals surface area (Å²) in [5.41, 5.74) is 6.02. The molecule has 7 heteroatoms. The van der Waals surface area contributed by atoms with Crippen molar-refractivity contribution in [1.29, 1.82) is 0 Å². The molecular formula is C29H22FN3O3. The molecule has 0 atom stereocenters. The summed E-state index contributed by atoms with van der Waals surface area (Å²) in [6.45, 7) is 4.10. The lowest BCUT2D eigenvalue weighted by Crippen LogP contribution is -2.11. The van der Waals surface area contributed by atoms with Gasteiger partial charge >= 0.3 is 0 Å². The van der Waals surface area contributed by atoms with Crippen LogP contribution >= 0.6 is 0 Å². The number of hydrogen-bond donors (Lipinski definition) is 5. The van der Waals surface area contributed by atoms with E-state index in [2.05, 4.69) is 22.2 Å². The predicted molar refractivity (Wildman–Crippen MR) is 141 cm³/mol. The molecule has 0 fully saturated rings. The molecule has 6 nitrogen and oxygen atoms in total. The first-order valence-corrected chi connectivity index (χ1v) is 11.1. The van der Waals surface area contributed by atoms with Crippen molar-refractivity contribution in [2.45, 2.75) is 0 Å². The van der Waals surface area contributed by atoms with Crippen LogP contribution in [-0.4, -0.2) is 21.1 Å². The number of benzene rings is 4. The Morgan fingerprint density at radius 1 is 0.750 bits per heavy atom. The standard InChI is InChI=1S/C29H22FN3O3/c1-17(31-23-10-6-22(30)7-11-23)19-4-12-25-21(14-19)15-26(33-25)18-2-8-24(9-3-18)32-29(36)20-5-13-27(34)28(35)16-20/h2-16,31,33-35H,1H2,(H,32,36). The van der Waals surface area contributed by atoms with Gasteiger partial charge in [-0.15, -0.1) is 0 Å². The number of halogens is 1. The molecule has 178 valence electrons. The van der Waals surface area contributed by atoms with Crippen molar-refractivity contribution in [3.05, 3.63) is 115 Å². The fourth-order valence-electron chi connectivity index (χ4n) is 3.86. The zero-order chi connectivity index (χ0) is 25.2. The van der Waals surface area contributed by atoms with E-state index in [4.69, 9.17) is 0 Å². The first kappa shape index (κ1) is 22.7. The number of rotatable bonds is 6. The van der Waals surface area contributed by atoms with Gasteiger partial charge in [-0.2, -0.15) is 0 Å². The largest absolute Gasteiger partial charge is 0.504 e. The lowest BCUT2D eigenvalue weighted by molar-refractivity contribution is 0.102. The average Bonchev–Trinajstić information content (AvgIpc) is 3.31. The third kappa shape index (κ3) is 4.76. The molecule has 5 N–H and O–H groups in total. The van der Waals surface area contributed by atoms with E-state index >= 15 is 0 Å². The summed E-state index contributed by atoms with van der Waals surface area (Å²) < 4.78 is 13.1. The van der Waals surface area contributed by atoms with Crippen LogP contribution < -0.4 is 10.6 Å². The molecule has 1 heterocycles. The maximum absolute atomic E-state index is 13.1. The Hall–Kier alpha value is -5.04. The van der Waals surface area contributed by atoms with Crippen molar-refractivity contribution in [3.63, 3.8) is 0 Å². The summed E-state index contributed by atoms with van der Waals surface area (Å²) in [6.07, 6.45) is 0. The zero-order valence-electron chi connectivity index (χ0n) is 19.0. The molecule has 4 aromatic carbocycles. The third-order valence-corrected chi connectivity index (χ3v) is 5.80. The quantitative estimate of drug-likeness (QED) is 0.175. The van der Waals surface area contributed by atoms with Crippen molar-refractivity contribution in [1.82, 2.24) is 4.98 Å². The Labute approximate surface area is 206 Å². The van der Waals surface area contributed by atoms with Gasteiger partial charge in [0.05, 0.1) is 0 Å². The van der Waals surface area contributed by atoms with Crippen LogP contribution in [0.2, 0.25) is 0 Å². The molecular weight excluding hydrogens is 457 g/mol. The molecule has 0 unspecified atom stereocenters. The molecule has 0 aliphatic heterocycles. The van der Waals surface area contributed by atoms with Crippen LogP contribution in [0.1, 0.15) is 15.9 Å². The highest BCUT2D eigenvalue weighted by Gasteiger charge is 2.10. The van der Waals surface area contributed by atoms with E-state index in [1.54, 1.807) is 24.3 Å². The van der Waals surface area contributed by atoms with Gasteiger partial charge in [0.2, 0.25) is 0 Å². The van der Waals surface area contributed by atoms with Gasteiger partial charge in [-0.25, -0.2) is 4.39 Å². The van der Waals surface area contributed by atoms with Gasteiger partial charge in [-0.3, -0.25) is 4.79 Å². The first-order valence-electron chi connectivity index (χ1n) is 11.1. The molecule has 5 aromatic rings. The number of carbonyl (C=O) groups is 1. The van der Waals surface area contributed by atoms with Crippen LogP contribution in [0, 0.1) is 5.82 Å². The number of phenolic OH excluding ortho intramolecular Hbond substituents is 2. The van der Waals surface area contributed by atoms with E-state index in [0.29, 0.717) is 11.4 Å². The van der Waals surface area contributed by atoms with Crippen LogP contribution in [0.5, 0.6) is 11.5 Å². The van der Waals surface area contributed by atoms with Gasteiger partial charge in [-0.05, 0) is 83.9 Å². The van der Waals surface area contributed by atoms with E-state index in [1.807, 2.05) is 36.4 Å². The number of aromatic nitrogens is 1. The van der Waals surface area contributed by atoms with Gasteiger partial charge < -0.3 is 25.8 Å². The number of carbonyl (C=O) groups excluding carboxylic acids is 1. The van der Waals surface area contributed by atoms with Crippen molar-refractivity contribution in [3.8, 4) is 22.8 Å². The number of phenols is 2. The van der Waals surface area contributed by atoms with E-state index in [1.165, 1.54) is 30.3 Å². The third-order valence-electron chi connectivity index (χ3n) is 5.80. The normalized spacial score (nSPS) is 10.8. The summed E-state index contributed by atoms with van der Waals surface area (Å²) in [4.78, 5) is 15.8. The number of nitrogens with one attached hydrogen (secondary N) is 3. The molecule has 0 spiro atoms. The minimum atomic E-state index is -0.398. The minimum Gasteiger partial charge on any atom is -0.504 e. The number of aromatic hydroxyl groups is 2. The Morgan fingerprint density at radius 2 is 1.42 bits per heavy atom. The second-order valence-electron chi connectivity index (χ2n) is 8.33. The lowest BCUT2D eigenvalue weighted by atomic mass is 10.1. The average molecular weight is 480 g/mol. The highest BCUT2D eigenvalue weighted by atomic mass is 19.1. The van der Waals surface area contributed by atoms with E-state index in [9.17, 15) is 19.4 Å². The monoisotopic (exact) mass is 479 g/mol. The second-order valence-corrected chi connectivity index (χ2v) is 8.33. The Morgan fingerprint density at radius 3 is 2.14 bits per heavy atom. The summed E-state index contributed by atoms with van der Waals surface area (Å²) in [5, 5.41) is 26.0. The topological polar surface area (TPSA) is 97.4 Å². The Balaban J connectivity index is 1.30. The number of hydrogen-bond acceptors (Lipinski definition) is 4. The first-order chi connectivity index (χ1) is 17.4. The maximum atomic E-state index is 13.1. The highest BCUT2D eigenvalue weighted by Crippen LogP contribution is 2.29. The van der Waals surface area contributed by atoms with Crippen LogP contribution in [0.3, 0.4) is 0 Å². The molecule has 36 heavy (non-hydrogen) atoms. The number of H-pyrrole nitrogens is 1. The molecule has 0 radical (unpaired) electrons. The summed E-state index contributed by atoms with van der Waals surface area (Å²) in [6, 6.07) is 25.4. The maximum Gasteiger partial charge on any atom is 0.255 e.